The lowest BCUT2D eigenvalue weighted by molar-refractivity contribution is -0.122. The van der Waals surface area contributed by atoms with Crippen LogP contribution in [0.3, 0.4) is 0 Å². The third-order valence-corrected chi connectivity index (χ3v) is 7.60. The molecule has 0 bridgehead atoms. The van der Waals surface area contributed by atoms with Crippen LogP contribution in [0.1, 0.15) is 75.3 Å². The zero-order valence-corrected chi connectivity index (χ0v) is 18.3. The number of carbonyl (C=O) groups is 2. The number of hydrogen-bond donors (Lipinski definition) is 0. The standard InChI is InChI=1S/C28H28O4/c29-27(17-7-3-1-4-8-17)23-15-19-11-14-22-26-20(12-13-21(31-23)25(19)26)16-24(32-22)28(30)18-9-5-2-6-10-18/h11-18H,1-10H2. The van der Waals surface area contributed by atoms with Crippen molar-refractivity contribution in [2.24, 2.45) is 11.8 Å². The fourth-order valence-corrected chi connectivity index (χ4v) is 5.85. The number of allylic oxidation sites excluding steroid dienone is 2. The maximum Gasteiger partial charge on any atom is 0.201 e. The van der Waals surface area contributed by atoms with Gasteiger partial charge in [-0.05, 0) is 61.1 Å². The molecule has 2 aliphatic heterocycles. The van der Waals surface area contributed by atoms with Crippen molar-refractivity contribution >= 4 is 34.5 Å². The van der Waals surface area contributed by atoms with Gasteiger partial charge in [-0.3, -0.25) is 9.59 Å². The van der Waals surface area contributed by atoms with E-state index in [1.54, 1.807) is 0 Å². The molecule has 4 nitrogen and oxygen atoms in total. The summed E-state index contributed by atoms with van der Waals surface area (Å²) in [5.74, 6) is 2.69. The highest BCUT2D eigenvalue weighted by Crippen LogP contribution is 2.45. The fraction of sp³-hybridized carbons (Fsp3) is 0.429. The number of hydrogen-bond acceptors (Lipinski definition) is 4. The summed E-state index contributed by atoms with van der Waals surface area (Å²) in [6.07, 6.45) is 14.5. The predicted octanol–water partition coefficient (Wildman–Crippen LogP) is 6.61. The molecule has 4 heteroatoms. The van der Waals surface area contributed by atoms with Crippen LogP contribution >= 0.6 is 0 Å². The van der Waals surface area contributed by atoms with Crippen molar-refractivity contribution < 1.29 is 19.1 Å². The van der Waals surface area contributed by atoms with Crippen LogP contribution in [0.2, 0.25) is 0 Å². The van der Waals surface area contributed by atoms with Crippen molar-refractivity contribution in [3.05, 3.63) is 46.9 Å². The first-order valence-corrected chi connectivity index (χ1v) is 12.2. The van der Waals surface area contributed by atoms with Crippen molar-refractivity contribution in [1.82, 2.24) is 0 Å². The minimum absolute atomic E-state index is 0.0732. The van der Waals surface area contributed by atoms with Gasteiger partial charge in [-0.2, -0.15) is 0 Å². The van der Waals surface area contributed by atoms with E-state index in [1.807, 2.05) is 36.4 Å². The van der Waals surface area contributed by atoms with Gasteiger partial charge in [-0.15, -0.1) is 0 Å². The molecular weight excluding hydrogens is 400 g/mol. The molecule has 2 aliphatic carbocycles. The number of ketones is 2. The van der Waals surface area contributed by atoms with E-state index in [0.717, 1.165) is 73.3 Å². The number of ether oxygens (including phenoxy) is 2. The molecule has 0 spiro atoms. The van der Waals surface area contributed by atoms with Crippen LogP contribution in [0.25, 0.3) is 22.9 Å². The van der Waals surface area contributed by atoms with Crippen molar-refractivity contribution in [2.75, 3.05) is 0 Å². The van der Waals surface area contributed by atoms with Crippen molar-refractivity contribution in [1.29, 1.82) is 0 Å². The summed E-state index contributed by atoms with van der Waals surface area (Å²) in [6, 6.07) is 7.82. The van der Waals surface area contributed by atoms with Gasteiger partial charge in [0.05, 0.1) is 0 Å². The molecule has 2 fully saturated rings. The minimum Gasteiger partial charge on any atom is -0.453 e. The molecule has 0 unspecified atom stereocenters. The minimum atomic E-state index is 0.0732. The van der Waals surface area contributed by atoms with Crippen LogP contribution < -0.4 is 9.47 Å². The lowest BCUT2D eigenvalue weighted by Gasteiger charge is -2.27. The molecule has 0 amide bonds. The highest BCUT2D eigenvalue weighted by atomic mass is 16.5. The van der Waals surface area contributed by atoms with Gasteiger partial charge in [-0.1, -0.05) is 50.7 Å². The third-order valence-electron chi connectivity index (χ3n) is 7.60. The van der Waals surface area contributed by atoms with Gasteiger partial charge in [0.2, 0.25) is 11.6 Å². The Balaban J connectivity index is 1.36. The number of rotatable bonds is 4. The van der Waals surface area contributed by atoms with E-state index in [0.29, 0.717) is 23.0 Å². The van der Waals surface area contributed by atoms with Gasteiger partial charge in [0.25, 0.3) is 0 Å². The zero-order chi connectivity index (χ0) is 21.7. The third kappa shape index (κ3) is 3.28. The lowest BCUT2D eigenvalue weighted by Crippen LogP contribution is -2.24. The van der Waals surface area contributed by atoms with Gasteiger partial charge in [0.1, 0.15) is 11.5 Å². The second-order valence-electron chi connectivity index (χ2n) is 9.68. The SMILES string of the molecule is O=C(C1=Cc2ccc3c4c(ccc(c24)O1)C=C(C(=O)C1CCCCC1)O3)C1CCCCC1. The van der Waals surface area contributed by atoms with Crippen LogP contribution in [0.5, 0.6) is 11.5 Å². The average Bonchev–Trinajstić information content (AvgIpc) is 2.87. The Morgan fingerprint density at radius 1 is 0.594 bits per heavy atom. The average molecular weight is 429 g/mol. The largest absolute Gasteiger partial charge is 0.453 e. The Labute approximate surface area is 188 Å². The Hall–Kier alpha value is -2.88. The van der Waals surface area contributed by atoms with Gasteiger partial charge in [-0.25, -0.2) is 0 Å². The summed E-state index contributed by atoms with van der Waals surface area (Å²) < 4.78 is 12.3. The monoisotopic (exact) mass is 428 g/mol. The van der Waals surface area contributed by atoms with Crippen molar-refractivity contribution in [3.8, 4) is 11.5 Å². The Kier molecular flexibility index (Phi) is 4.89. The van der Waals surface area contributed by atoms with Crippen LogP contribution in [0, 0.1) is 11.8 Å². The molecular formula is C28H28O4. The summed E-state index contributed by atoms with van der Waals surface area (Å²) >= 11 is 0. The molecule has 2 aromatic carbocycles. The molecule has 0 radical (unpaired) electrons. The maximum atomic E-state index is 13.1. The molecule has 0 aromatic heterocycles. The Morgan fingerprint density at radius 3 is 1.41 bits per heavy atom. The number of Topliss-reactive ketones (excluding diaryl/α,β-unsaturated/α-hetero) is 2. The van der Waals surface area contributed by atoms with Gasteiger partial charge in [0, 0.05) is 22.6 Å². The van der Waals surface area contributed by atoms with Crippen molar-refractivity contribution in [2.45, 2.75) is 64.2 Å². The van der Waals surface area contributed by atoms with E-state index in [9.17, 15) is 9.59 Å². The summed E-state index contributed by atoms with van der Waals surface area (Å²) in [5.41, 5.74) is 1.95. The molecule has 4 aliphatic rings. The maximum absolute atomic E-state index is 13.1. The van der Waals surface area contributed by atoms with Crippen LogP contribution in [0.15, 0.2) is 35.8 Å². The molecule has 6 rings (SSSR count). The second kappa shape index (κ2) is 7.91. The number of benzene rings is 2. The van der Waals surface area contributed by atoms with E-state index >= 15 is 0 Å². The van der Waals surface area contributed by atoms with Crippen LogP contribution in [-0.2, 0) is 9.59 Å². The highest BCUT2D eigenvalue weighted by Gasteiger charge is 2.32. The van der Waals surface area contributed by atoms with Crippen LogP contribution in [-0.4, -0.2) is 11.6 Å². The smallest absolute Gasteiger partial charge is 0.201 e. The van der Waals surface area contributed by atoms with Gasteiger partial charge >= 0.3 is 0 Å². The molecule has 0 saturated heterocycles. The molecule has 0 N–H and O–H groups in total. The zero-order valence-electron chi connectivity index (χ0n) is 18.3. The summed E-state index contributed by atoms with van der Waals surface area (Å²) in [7, 11) is 0. The Morgan fingerprint density at radius 2 is 1.00 bits per heavy atom. The molecule has 0 atom stereocenters. The highest BCUT2D eigenvalue weighted by molar-refractivity contribution is 6.12. The molecule has 32 heavy (non-hydrogen) atoms. The summed E-state index contributed by atoms with van der Waals surface area (Å²) in [6.45, 7) is 0. The number of carbonyl (C=O) groups excluding carboxylic acids is 2. The van der Waals surface area contributed by atoms with E-state index in [1.165, 1.54) is 12.8 Å². The topological polar surface area (TPSA) is 52.6 Å². The van der Waals surface area contributed by atoms with E-state index in [2.05, 4.69) is 0 Å². The Bertz CT molecular complexity index is 1080. The van der Waals surface area contributed by atoms with E-state index in [4.69, 9.17) is 9.47 Å². The van der Waals surface area contributed by atoms with Crippen LogP contribution in [0.4, 0.5) is 0 Å². The molecule has 164 valence electrons. The first-order valence-electron chi connectivity index (χ1n) is 12.2. The first-order chi connectivity index (χ1) is 15.7. The summed E-state index contributed by atoms with van der Waals surface area (Å²) in [5, 5.41) is 1.92. The van der Waals surface area contributed by atoms with Gasteiger partial charge in [0.15, 0.2) is 11.5 Å². The second-order valence-corrected chi connectivity index (χ2v) is 9.68. The van der Waals surface area contributed by atoms with Crippen molar-refractivity contribution in [3.63, 3.8) is 0 Å². The lowest BCUT2D eigenvalue weighted by atomic mass is 9.84. The van der Waals surface area contributed by atoms with E-state index in [-0.39, 0.29) is 23.4 Å². The normalized spacial score (nSPS) is 20.8. The summed E-state index contributed by atoms with van der Waals surface area (Å²) in [4.78, 5) is 26.2. The molecule has 2 aromatic rings. The molecule has 2 saturated carbocycles. The predicted molar refractivity (Wildman–Crippen MR) is 124 cm³/mol. The van der Waals surface area contributed by atoms with Gasteiger partial charge < -0.3 is 9.47 Å². The van der Waals surface area contributed by atoms with E-state index < -0.39 is 0 Å². The quantitative estimate of drug-likeness (QED) is 0.550. The fourth-order valence-electron chi connectivity index (χ4n) is 5.85. The molecule has 2 heterocycles. The first kappa shape index (κ1) is 19.8.